The maximum absolute atomic E-state index is 13.4. The lowest BCUT2D eigenvalue weighted by atomic mass is 10.1. The number of benzene rings is 4. The van der Waals surface area contributed by atoms with Crippen LogP contribution in [0, 0.1) is 22.7 Å². The van der Waals surface area contributed by atoms with Gasteiger partial charge in [0.15, 0.2) is 26.7 Å². The standard InChI is InChI=1S/C57H55N15O11S5/c1-7-71(8-2)37-21-23-43(67-69-53-41(31-58)49(87(78,79)80)47(85-53)29-39(33(5)74)51(76)60-35-17-13-11-14-18-35)45(27-37)62-55-64-56(66-57(65-55)84-26-25-73)63-46-28-38(72(9-3)10-4)22-24-44(46)68-70-54-42(32-59)50(88(81,82)83)48(86-54)30-40(34(6)75)52(77)61-36-19-15-12-16-20-36/h11-24,27-30,73H,7-10,25-26H2,1-6H3,(H,60,76)(H,61,77)(H,78,79,80)(H,81,82,83)(H2,62,63,64,65,66)/b39-29-,40-30+,69-67+,70-68+. The molecule has 88 heavy (non-hydrogen) atoms. The Bertz CT molecular complexity index is 3980. The number of rotatable bonds is 27. The van der Waals surface area contributed by atoms with Crippen LogP contribution in [0.1, 0.15) is 62.4 Å². The highest BCUT2D eigenvalue weighted by Crippen LogP contribution is 2.44. The van der Waals surface area contributed by atoms with E-state index >= 15 is 0 Å². The summed E-state index contributed by atoms with van der Waals surface area (Å²) < 4.78 is 72.6. The molecule has 0 spiro atoms. The van der Waals surface area contributed by atoms with Crippen LogP contribution in [0.5, 0.6) is 0 Å². The number of carbonyl (C=O) groups is 4. The highest BCUT2D eigenvalue weighted by Gasteiger charge is 2.31. The van der Waals surface area contributed by atoms with Gasteiger partial charge in [-0.05, 0) is 114 Å². The van der Waals surface area contributed by atoms with E-state index in [9.17, 15) is 60.7 Å². The van der Waals surface area contributed by atoms with Crippen LogP contribution in [0.4, 0.5) is 67.4 Å². The molecule has 7 rings (SSSR count). The predicted molar refractivity (Wildman–Crippen MR) is 338 cm³/mol. The van der Waals surface area contributed by atoms with E-state index in [1.165, 1.54) is 0 Å². The van der Waals surface area contributed by atoms with Crippen molar-refractivity contribution in [2.75, 3.05) is 69.6 Å². The molecule has 3 heterocycles. The second-order valence-corrected chi connectivity index (χ2v) is 24.1. The smallest absolute Gasteiger partial charge is 0.297 e. The lowest BCUT2D eigenvalue weighted by Crippen LogP contribution is -2.21. The van der Waals surface area contributed by atoms with E-state index in [0.717, 1.165) is 37.8 Å². The van der Waals surface area contributed by atoms with Crippen molar-refractivity contribution in [3.8, 4) is 12.1 Å². The molecule has 0 radical (unpaired) electrons. The number of carbonyl (C=O) groups excluding carboxylic acids is 4. The van der Waals surface area contributed by atoms with Crippen LogP contribution < -0.4 is 31.1 Å². The number of para-hydroxylation sites is 2. The highest BCUT2D eigenvalue weighted by molar-refractivity contribution is 7.99. The van der Waals surface area contributed by atoms with E-state index in [1.807, 2.05) is 37.5 Å². The fourth-order valence-corrected chi connectivity index (χ4v) is 13.2. The van der Waals surface area contributed by atoms with E-state index in [0.29, 0.717) is 71.6 Å². The van der Waals surface area contributed by atoms with Gasteiger partial charge in [0.05, 0.1) is 38.9 Å². The van der Waals surface area contributed by atoms with Crippen molar-refractivity contribution >= 4 is 158 Å². The molecule has 26 nitrogen and oxygen atoms in total. The first-order chi connectivity index (χ1) is 42.0. The summed E-state index contributed by atoms with van der Waals surface area (Å²) in [6, 6.07) is 29.8. The topological polar surface area (TPSA) is 388 Å². The molecule has 0 saturated carbocycles. The zero-order chi connectivity index (χ0) is 63.9. The number of azo groups is 2. The van der Waals surface area contributed by atoms with E-state index in [2.05, 4.69) is 56.7 Å². The third kappa shape index (κ3) is 16.5. The van der Waals surface area contributed by atoms with Crippen molar-refractivity contribution in [2.24, 2.45) is 20.5 Å². The molecular formula is C57H55N15O11S5. The highest BCUT2D eigenvalue weighted by atomic mass is 32.2. The van der Waals surface area contributed by atoms with Gasteiger partial charge in [0.1, 0.15) is 44.4 Å². The number of hydrogen-bond acceptors (Lipinski definition) is 25. The number of Topliss-reactive ketones (excluding diaryl/α,β-unsaturated/α-hetero) is 2. The number of aliphatic hydroxyl groups is 1. The molecule has 0 aliphatic heterocycles. The second-order valence-electron chi connectivity index (χ2n) is 18.2. The van der Waals surface area contributed by atoms with Crippen LogP contribution >= 0.6 is 34.4 Å². The Kier molecular flexibility index (Phi) is 22.4. The fraction of sp³-hybridized carbons (Fsp3) is 0.211. The molecule has 3 aromatic heterocycles. The largest absolute Gasteiger partial charge is 0.396 e. The van der Waals surface area contributed by atoms with Gasteiger partial charge in [-0.1, -0.05) is 48.2 Å². The molecule has 0 aliphatic carbocycles. The maximum atomic E-state index is 13.4. The van der Waals surface area contributed by atoms with Crippen molar-refractivity contribution in [1.82, 2.24) is 15.0 Å². The zero-order valence-corrected chi connectivity index (χ0v) is 51.8. The summed E-state index contributed by atoms with van der Waals surface area (Å²) in [7, 11) is -10.4. The number of hydrogen-bond donors (Lipinski definition) is 7. The first kappa shape index (κ1) is 66.1. The molecule has 2 amide bonds. The quantitative estimate of drug-likeness (QED) is 0.00628. The van der Waals surface area contributed by atoms with Crippen LogP contribution in [0.2, 0.25) is 0 Å². The lowest BCUT2D eigenvalue weighted by Gasteiger charge is -2.22. The second kappa shape index (κ2) is 29.8. The van der Waals surface area contributed by atoms with Gasteiger partial charge in [0, 0.05) is 54.7 Å². The number of amides is 2. The minimum Gasteiger partial charge on any atom is -0.396 e. The molecule has 0 unspecified atom stereocenters. The summed E-state index contributed by atoms with van der Waals surface area (Å²) in [6.07, 6.45) is 1.89. The summed E-state index contributed by atoms with van der Waals surface area (Å²) in [4.78, 5) is 67.9. The Hall–Kier alpha value is -9.44. The van der Waals surface area contributed by atoms with Crippen molar-refractivity contribution < 1.29 is 50.2 Å². The number of nitrogens with zero attached hydrogens (tertiary/aromatic N) is 11. The fourth-order valence-electron chi connectivity index (χ4n) is 8.34. The number of thiophene rings is 2. The summed E-state index contributed by atoms with van der Waals surface area (Å²) in [5.74, 6) is -3.34. The van der Waals surface area contributed by atoms with Crippen molar-refractivity contribution in [3.63, 3.8) is 0 Å². The van der Waals surface area contributed by atoms with Crippen LogP contribution in [0.25, 0.3) is 12.2 Å². The maximum Gasteiger partial charge on any atom is 0.297 e. The zero-order valence-electron chi connectivity index (χ0n) is 47.7. The molecule has 0 saturated heterocycles. The average molecular weight is 1290 g/mol. The van der Waals surface area contributed by atoms with Crippen LogP contribution in [0.3, 0.4) is 0 Å². The summed E-state index contributed by atoms with van der Waals surface area (Å²) in [5.41, 5.74) is 0.436. The first-order valence-corrected chi connectivity index (χ1v) is 32.0. The number of aromatic nitrogens is 3. The number of aliphatic hydroxyl groups excluding tert-OH is 1. The Balaban J connectivity index is 1.32. The van der Waals surface area contributed by atoms with Crippen LogP contribution in [0.15, 0.2) is 144 Å². The van der Waals surface area contributed by atoms with Gasteiger partial charge in [-0.25, -0.2) is 0 Å². The number of thioether (sulfide) groups is 1. The number of nitriles is 2. The Morgan fingerprint density at radius 2 is 0.989 bits per heavy atom. The first-order valence-electron chi connectivity index (χ1n) is 26.5. The number of anilines is 8. The molecule has 31 heteroatoms. The molecule has 0 aliphatic rings. The molecule has 4 aromatic carbocycles. The molecule has 7 N–H and O–H groups in total. The van der Waals surface area contributed by atoms with Gasteiger partial charge in [-0.15, -0.1) is 43.1 Å². The lowest BCUT2D eigenvalue weighted by molar-refractivity contribution is -0.120. The normalized spacial score (nSPS) is 11.9. The molecule has 0 atom stereocenters. The van der Waals surface area contributed by atoms with Gasteiger partial charge < -0.3 is 36.2 Å². The Morgan fingerprint density at radius 1 is 0.602 bits per heavy atom. The third-order valence-electron chi connectivity index (χ3n) is 12.5. The SMILES string of the molecule is CCN(CC)c1ccc(/N=N/c2sc(/C=C(/C(C)=O)C(=O)Nc3ccccc3)c(S(=O)(=O)O)c2C#N)c(Nc2nc(Nc3cc(N(CC)CC)ccc3/N=N/c3sc(/C=C(\C(C)=O)C(=O)Nc4ccccc4)c(S(=O)(=O)O)c3C#N)nc(SCCO)n2)c1. The minimum atomic E-state index is -5.20. The third-order valence-corrected chi connectivity index (χ3v) is 17.5. The van der Waals surface area contributed by atoms with Gasteiger partial charge in [-0.2, -0.15) is 42.3 Å². The van der Waals surface area contributed by atoms with Crippen LogP contribution in [-0.4, -0.2) is 108 Å². The molecule has 0 bridgehead atoms. The molecular weight excluding hydrogens is 1230 g/mol. The Labute approximate surface area is 518 Å². The summed E-state index contributed by atoms with van der Waals surface area (Å²) in [5, 5.41) is 58.9. The van der Waals surface area contributed by atoms with Gasteiger partial charge in [-0.3, -0.25) is 28.3 Å². The molecule has 0 fully saturated rings. The average Bonchev–Trinajstić information content (AvgIpc) is 2.36. The summed E-state index contributed by atoms with van der Waals surface area (Å²) >= 11 is 2.20. The van der Waals surface area contributed by atoms with Gasteiger partial charge in [0.25, 0.3) is 32.1 Å². The van der Waals surface area contributed by atoms with E-state index in [1.54, 1.807) is 109 Å². The molecule has 454 valence electrons. The van der Waals surface area contributed by atoms with E-state index in [-0.39, 0.29) is 71.9 Å². The van der Waals surface area contributed by atoms with Crippen LogP contribution in [-0.2, 0) is 39.4 Å². The summed E-state index contributed by atoms with van der Waals surface area (Å²) in [6.45, 7) is 12.0. The van der Waals surface area contributed by atoms with Gasteiger partial charge >= 0.3 is 0 Å². The van der Waals surface area contributed by atoms with E-state index in [4.69, 9.17) is 0 Å². The van der Waals surface area contributed by atoms with Gasteiger partial charge in [0.2, 0.25) is 11.9 Å². The number of nitrogens with one attached hydrogen (secondary N) is 4. The van der Waals surface area contributed by atoms with Crippen molar-refractivity contribution in [1.29, 1.82) is 10.5 Å². The predicted octanol–water partition coefficient (Wildman–Crippen LogP) is 11.5. The minimum absolute atomic E-state index is 0.0902. The van der Waals surface area contributed by atoms with Crippen molar-refractivity contribution in [3.05, 3.63) is 129 Å². The van der Waals surface area contributed by atoms with E-state index < -0.39 is 75.7 Å². The molecule has 7 aromatic rings. The monoisotopic (exact) mass is 1290 g/mol. The van der Waals surface area contributed by atoms with Crippen molar-refractivity contribution in [2.45, 2.75) is 56.5 Å². The Morgan fingerprint density at radius 3 is 1.32 bits per heavy atom. The number of ketones is 2.